The highest BCUT2D eigenvalue weighted by atomic mass is 16.6. The summed E-state index contributed by atoms with van der Waals surface area (Å²) in [6.45, 7) is -0.417. The Morgan fingerprint density at radius 3 is 2.62 bits per heavy atom. The number of aliphatic hydroxyl groups is 3. The fourth-order valence-corrected chi connectivity index (χ4v) is 2.97. The molecule has 0 bridgehead atoms. The molecule has 10 nitrogen and oxygen atoms in total. The van der Waals surface area contributed by atoms with Crippen LogP contribution in [0.25, 0.3) is 11.2 Å². The van der Waals surface area contributed by atoms with E-state index in [-0.39, 0.29) is 5.95 Å². The number of hydrogen-bond acceptors (Lipinski definition) is 9. The number of nitrogens with two attached hydrogens (primary N) is 1. The van der Waals surface area contributed by atoms with Gasteiger partial charge in [0.1, 0.15) is 18.3 Å². The summed E-state index contributed by atoms with van der Waals surface area (Å²) in [7, 11) is 0. The molecular weight excluding hydrogens is 340 g/mol. The molecule has 10 heteroatoms. The van der Waals surface area contributed by atoms with E-state index in [0.717, 1.165) is 5.69 Å². The van der Waals surface area contributed by atoms with Crippen molar-refractivity contribution in [1.29, 1.82) is 0 Å². The molecule has 1 aliphatic rings. The molecule has 1 fully saturated rings. The Morgan fingerprint density at radius 2 is 1.92 bits per heavy atom. The van der Waals surface area contributed by atoms with Gasteiger partial charge in [-0.15, -0.1) is 0 Å². The zero-order chi connectivity index (χ0) is 18.3. The second-order valence-corrected chi connectivity index (χ2v) is 5.97. The van der Waals surface area contributed by atoms with Crippen LogP contribution < -0.4 is 11.1 Å². The largest absolute Gasteiger partial charge is 0.394 e. The van der Waals surface area contributed by atoms with Crippen LogP contribution >= 0.6 is 0 Å². The highest BCUT2D eigenvalue weighted by molar-refractivity contribution is 5.86. The Kier molecular flexibility index (Phi) is 4.17. The molecule has 0 saturated carbocycles. The van der Waals surface area contributed by atoms with E-state index in [4.69, 9.17) is 10.5 Å². The van der Waals surface area contributed by atoms with E-state index in [0.29, 0.717) is 17.0 Å². The van der Waals surface area contributed by atoms with Crippen LogP contribution in [0.1, 0.15) is 6.23 Å². The molecule has 4 rings (SSSR count). The van der Waals surface area contributed by atoms with E-state index in [9.17, 15) is 15.3 Å². The summed E-state index contributed by atoms with van der Waals surface area (Å²) in [6.07, 6.45) is -2.88. The second-order valence-electron chi connectivity index (χ2n) is 5.97. The van der Waals surface area contributed by atoms with E-state index in [1.807, 2.05) is 30.3 Å². The Morgan fingerprint density at radius 1 is 1.15 bits per heavy atom. The van der Waals surface area contributed by atoms with Crippen molar-refractivity contribution in [2.45, 2.75) is 24.5 Å². The minimum atomic E-state index is -1.24. The number of nitrogen functional groups attached to an aromatic ring is 1. The maximum atomic E-state index is 10.2. The molecule has 1 saturated heterocycles. The normalized spacial score (nSPS) is 25.7. The summed E-state index contributed by atoms with van der Waals surface area (Å²) in [4.78, 5) is 12.7. The molecular formula is C16H18N6O4. The lowest BCUT2D eigenvalue weighted by Gasteiger charge is -2.16. The maximum Gasteiger partial charge on any atom is 0.224 e. The van der Waals surface area contributed by atoms with Crippen molar-refractivity contribution >= 4 is 28.6 Å². The van der Waals surface area contributed by atoms with Crippen LogP contribution in [0, 0.1) is 0 Å². The lowest BCUT2D eigenvalue weighted by molar-refractivity contribution is -0.0511. The van der Waals surface area contributed by atoms with Crippen LogP contribution in [-0.2, 0) is 4.74 Å². The number of nitrogens with one attached hydrogen (secondary N) is 1. The third-order valence-electron chi connectivity index (χ3n) is 4.27. The quantitative estimate of drug-likeness (QED) is 0.425. The Bertz CT molecular complexity index is 918. The highest BCUT2D eigenvalue weighted by Crippen LogP contribution is 2.33. The van der Waals surface area contributed by atoms with Crippen molar-refractivity contribution in [3.05, 3.63) is 36.7 Å². The number of para-hydroxylation sites is 1. The number of nitrogens with zero attached hydrogens (tertiary/aromatic N) is 4. The predicted octanol–water partition coefficient (Wildman–Crippen LogP) is -0.236. The monoisotopic (exact) mass is 358 g/mol. The van der Waals surface area contributed by atoms with Gasteiger partial charge in [0.15, 0.2) is 23.2 Å². The van der Waals surface area contributed by atoms with Gasteiger partial charge in [0, 0.05) is 5.69 Å². The lowest BCUT2D eigenvalue weighted by Crippen LogP contribution is -2.33. The van der Waals surface area contributed by atoms with Gasteiger partial charge in [-0.05, 0) is 12.1 Å². The second kappa shape index (κ2) is 6.50. The SMILES string of the molecule is Nc1nc(Nc2ccccc2)c2ncn(C3OC(CO)C(O)C3O)c2n1. The van der Waals surface area contributed by atoms with Gasteiger partial charge in [-0.3, -0.25) is 4.57 Å². The van der Waals surface area contributed by atoms with Gasteiger partial charge in [0.05, 0.1) is 12.9 Å². The molecule has 0 aliphatic carbocycles. The number of fused-ring (bicyclic) bond motifs is 1. The van der Waals surface area contributed by atoms with Gasteiger partial charge in [-0.1, -0.05) is 18.2 Å². The summed E-state index contributed by atoms with van der Waals surface area (Å²) in [5.41, 5.74) is 7.39. The Hall–Kier alpha value is -2.79. The number of benzene rings is 1. The van der Waals surface area contributed by atoms with Gasteiger partial charge >= 0.3 is 0 Å². The van der Waals surface area contributed by atoms with Crippen molar-refractivity contribution in [1.82, 2.24) is 19.5 Å². The lowest BCUT2D eigenvalue weighted by atomic mass is 10.1. The molecule has 0 spiro atoms. The summed E-state index contributed by atoms with van der Waals surface area (Å²) >= 11 is 0. The van der Waals surface area contributed by atoms with E-state index in [1.54, 1.807) is 0 Å². The van der Waals surface area contributed by atoms with Crippen LogP contribution in [0.5, 0.6) is 0 Å². The van der Waals surface area contributed by atoms with Crippen LogP contribution in [0.15, 0.2) is 36.7 Å². The van der Waals surface area contributed by atoms with Crippen molar-refractivity contribution in [2.75, 3.05) is 17.7 Å². The predicted molar refractivity (Wildman–Crippen MR) is 92.5 cm³/mol. The first kappa shape index (κ1) is 16.7. The molecule has 0 radical (unpaired) electrons. The summed E-state index contributed by atoms with van der Waals surface area (Å²) < 4.78 is 7.00. The maximum absolute atomic E-state index is 10.2. The van der Waals surface area contributed by atoms with Crippen LogP contribution in [0.2, 0.25) is 0 Å². The van der Waals surface area contributed by atoms with Crippen LogP contribution in [0.4, 0.5) is 17.5 Å². The topological polar surface area (TPSA) is 152 Å². The van der Waals surface area contributed by atoms with Gasteiger partial charge in [-0.2, -0.15) is 9.97 Å². The molecule has 3 aromatic rings. The smallest absolute Gasteiger partial charge is 0.224 e. The van der Waals surface area contributed by atoms with Crippen molar-refractivity contribution in [3.63, 3.8) is 0 Å². The summed E-state index contributed by atoms with van der Waals surface area (Å²) in [5.74, 6) is 0.425. The van der Waals surface area contributed by atoms with Crippen LogP contribution in [0.3, 0.4) is 0 Å². The molecule has 136 valence electrons. The zero-order valence-electron chi connectivity index (χ0n) is 13.6. The molecule has 1 aliphatic heterocycles. The molecule has 26 heavy (non-hydrogen) atoms. The van der Waals surface area contributed by atoms with E-state index in [1.165, 1.54) is 10.9 Å². The van der Waals surface area contributed by atoms with Gasteiger partial charge in [-0.25, -0.2) is 4.98 Å². The number of anilines is 3. The number of hydrogen-bond donors (Lipinski definition) is 5. The standard InChI is InChI=1S/C16H18N6O4/c17-16-20-13(19-8-4-2-1-3-5-8)10-14(21-16)22(7-18-10)15-12(25)11(24)9(6-23)26-15/h1-5,7,9,11-12,15,23-25H,6H2,(H3,17,19,20,21). The number of imidazole rings is 1. The van der Waals surface area contributed by atoms with Gasteiger partial charge in [0.25, 0.3) is 0 Å². The minimum absolute atomic E-state index is 0.0180. The third-order valence-corrected chi connectivity index (χ3v) is 4.27. The molecule has 2 aromatic heterocycles. The average Bonchev–Trinajstić information content (AvgIpc) is 3.17. The zero-order valence-corrected chi connectivity index (χ0v) is 13.6. The minimum Gasteiger partial charge on any atom is -0.394 e. The molecule has 0 amide bonds. The molecule has 3 heterocycles. The van der Waals surface area contributed by atoms with Crippen LogP contribution in [-0.4, -0.2) is 59.8 Å². The average molecular weight is 358 g/mol. The molecule has 1 aromatic carbocycles. The summed E-state index contributed by atoms with van der Waals surface area (Å²) in [6, 6.07) is 9.38. The fourth-order valence-electron chi connectivity index (χ4n) is 2.97. The van der Waals surface area contributed by atoms with E-state index < -0.39 is 31.1 Å². The number of aromatic nitrogens is 4. The first-order chi connectivity index (χ1) is 12.6. The fraction of sp³-hybridized carbons (Fsp3) is 0.312. The number of ether oxygens (including phenoxy) is 1. The Labute approximate surface area is 147 Å². The van der Waals surface area contributed by atoms with Crippen molar-refractivity contribution in [3.8, 4) is 0 Å². The molecule has 6 N–H and O–H groups in total. The van der Waals surface area contributed by atoms with Gasteiger partial charge in [0.2, 0.25) is 5.95 Å². The number of aliphatic hydroxyl groups excluding tert-OH is 3. The first-order valence-electron chi connectivity index (χ1n) is 8.03. The Balaban J connectivity index is 1.75. The van der Waals surface area contributed by atoms with E-state index >= 15 is 0 Å². The van der Waals surface area contributed by atoms with E-state index in [2.05, 4.69) is 20.3 Å². The highest BCUT2D eigenvalue weighted by Gasteiger charge is 2.44. The third kappa shape index (κ3) is 2.74. The van der Waals surface area contributed by atoms with Gasteiger partial charge < -0.3 is 31.1 Å². The summed E-state index contributed by atoms with van der Waals surface area (Å²) in [5, 5.41) is 32.6. The van der Waals surface area contributed by atoms with Crippen molar-refractivity contribution < 1.29 is 20.1 Å². The van der Waals surface area contributed by atoms with Crippen molar-refractivity contribution in [2.24, 2.45) is 0 Å². The molecule has 4 unspecified atom stereocenters. The number of rotatable bonds is 4. The first-order valence-corrected chi connectivity index (χ1v) is 8.03. The molecule has 4 atom stereocenters.